The van der Waals surface area contributed by atoms with E-state index >= 15 is 0 Å². The second kappa shape index (κ2) is 1.72. The molecule has 1 aliphatic heterocycles. The molecule has 1 fully saturated rings. The monoisotopic (exact) mass is 124 g/mol. The van der Waals surface area contributed by atoms with E-state index in [1.54, 1.807) is 0 Å². The number of rotatable bonds is 0. The Morgan fingerprint density at radius 3 is 3.11 bits per heavy atom. The highest BCUT2D eigenvalue weighted by Gasteiger charge is 2.31. The van der Waals surface area contributed by atoms with E-state index in [1.807, 2.05) is 0 Å². The number of fused-ring (bicyclic) bond motifs is 1. The Balaban J connectivity index is 2.13. The summed E-state index contributed by atoms with van der Waals surface area (Å²) in [4.78, 5) is 4.34. The summed E-state index contributed by atoms with van der Waals surface area (Å²) in [6.45, 7) is 0. The van der Waals surface area contributed by atoms with Crippen LogP contribution >= 0.6 is 0 Å². The minimum Gasteiger partial charge on any atom is -0.387 e. The van der Waals surface area contributed by atoms with Crippen molar-refractivity contribution in [2.75, 3.05) is 0 Å². The predicted molar refractivity (Wildman–Crippen MR) is 37.4 cm³/mol. The number of nitrogens with two attached hydrogens (primary N) is 1. The van der Waals surface area contributed by atoms with Crippen LogP contribution in [0.1, 0.15) is 25.7 Å². The zero-order valence-corrected chi connectivity index (χ0v) is 5.51. The van der Waals surface area contributed by atoms with Crippen molar-refractivity contribution in [3.63, 3.8) is 0 Å². The fourth-order valence-corrected chi connectivity index (χ4v) is 1.96. The summed E-state index contributed by atoms with van der Waals surface area (Å²) < 4.78 is 0. The molecule has 2 rings (SSSR count). The first-order valence-electron chi connectivity index (χ1n) is 3.68. The molecule has 2 nitrogen and oxygen atoms in total. The van der Waals surface area contributed by atoms with Crippen LogP contribution in [0.2, 0.25) is 0 Å². The molecule has 0 amide bonds. The maximum Gasteiger partial charge on any atom is 0.0944 e. The lowest BCUT2D eigenvalue weighted by Gasteiger charge is -2.02. The van der Waals surface area contributed by atoms with Crippen molar-refractivity contribution in [2.45, 2.75) is 31.7 Å². The van der Waals surface area contributed by atoms with Crippen molar-refractivity contribution in [1.29, 1.82) is 0 Å². The smallest absolute Gasteiger partial charge is 0.0944 e. The Bertz CT molecular complexity index is 151. The van der Waals surface area contributed by atoms with Gasteiger partial charge in [-0.25, -0.2) is 0 Å². The maximum absolute atomic E-state index is 5.58. The van der Waals surface area contributed by atoms with E-state index < -0.39 is 0 Å². The first-order chi connectivity index (χ1) is 4.36. The fraction of sp³-hybridized carbons (Fsp3) is 0.857. The molecular formula is C7H12N2. The van der Waals surface area contributed by atoms with E-state index in [2.05, 4.69) is 4.99 Å². The lowest BCUT2D eigenvalue weighted by molar-refractivity contribution is 0.536. The van der Waals surface area contributed by atoms with E-state index in [4.69, 9.17) is 5.73 Å². The fourth-order valence-electron chi connectivity index (χ4n) is 1.96. The van der Waals surface area contributed by atoms with Crippen molar-refractivity contribution < 1.29 is 0 Å². The van der Waals surface area contributed by atoms with E-state index in [-0.39, 0.29) is 0 Å². The molecule has 0 aromatic rings. The Kier molecular flexibility index (Phi) is 1.01. The van der Waals surface area contributed by atoms with E-state index in [1.165, 1.54) is 19.3 Å². The van der Waals surface area contributed by atoms with Gasteiger partial charge in [-0.3, -0.25) is 4.99 Å². The lowest BCUT2D eigenvalue weighted by atomic mass is 10.0. The molecule has 2 atom stereocenters. The van der Waals surface area contributed by atoms with Gasteiger partial charge in [0.2, 0.25) is 0 Å². The first-order valence-corrected chi connectivity index (χ1v) is 3.68. The van der Waals surface area contributed by atoms with Crippen LogP contribution in [0.3, 0.4) is 0 Å². The van der Waals surface area contributed by atoms with Gasteiger partial charge in [0.1, 0.15) is 0 Å². The molecule has 2 heteroatoms. The van der Waals surface area contributed by atoms with Gasteiger partial charge in [0, 0.05) is 6.42 Å². The van der Waals surface area contributed by atoms with Gasteiger partial charge in [-0.15, -0.1) is 0 Å². The Labute approximate surface area is 55.2 Å². The number of hydrogen-bond acceptors (Lipinski definition) is 2. The molecule has 0 radical (unpaired) electrons. The quantitative estimate of drug-likeness (QED) is 0.512. The summed E-state index contributed by atoms with van der Waals surface area (Å²) in [6, 6.07) is 0.616. The third kappa shape index (κ3) is 0.732. The molecule has 0 bridgehead atoms. The van der Waals surface area contributed by atoms with Gasteiger partial charge in [-0.1, -0.05) is 6.42 Å². The molecule has 0 aromatic carbocycles. The SMILES string of the molecule is NC1=N[C@H]2CCC[C@H]2C1. The van der Waals surface area contributed by atoms with Crippen molar-refractivity contribution in [2.24, 2.45) is 16.6 Å². The molecule has 1 saturated carbocycles. The second-order valence-electron chi connectivity index (χ2n) is 3.08. The molecule has 9 heavy (non-hydrogen) atoms. The summed E-state index contributed by atoms with van der Waals surface area (Å²) in [6.07, 6.45) is 5.08. The summed E-state index contributed by atoms with van der Waals surface area (Å²) in [7, 11) is 0. The summed E-state index contributed by atoms with van der Waals surface area (Å²) in [5.41, 5.74) is 5.58. The van der Waals surface area contributed by atoms with Gasteiger partial charge in [0.05, 0.1) is 11.9 Å². The van der Waals surface area contributed by atoms with Crippen LogP contribution in [0.4, 0.5) is 0 Å². The maximum atomic E-state index is 5.58. The van der Waals surface area contributed by atoms with E-state index in [9.17, 15) is 0 Å². The van der Waals surface area contributed by atoms with E-state index in [0.29, 0.717) is 6.04 Å². The first kappa shape index (κ1) is 5.27. The summed E-state index contributed by atoms with van der Waals surface area (Å²) in [5.74, 6) is 1.72. The van der Waals surface area contributed by atoms with Gasteiger partial charge in [-0.05, 0) is 18.8 Å². The topological polar surface area (TPSA) is 38.4 Å². The van der Waals surface area contributed by atoms with Crippen LogP contribution in [0.15, 0.2) is 4.99 Å². The molecule has 0 unspecified atom stereocenters. The highest BCUT2D eigenvalue weighted by Crippen LogP contribution is 2.34. The normalized spacial score (nSPS) is 40.7. The van der Waals surface area contributed by atoms with Crippen LogP contribution in [-0.2, 0) is 0 Å². The Morgan fingerprint density at radius 1 is 1.44 bits per heavy atom. The minimum atomic E-state index is 0.616. The molecule has 2 aliphatic rings. The van der Waals surface area contributed by atoms with Gasteiger partial charge >= 0.3 is 0 Å². The predicted octanol–water partition coefficient (Wildman–Crippen LogP) is 0.916. The van der Waals surface area contributed by atoms with Crippen LogP contribution in [0, 0.1) is 5.92 Å². The summed E-state index contributed by atoms with van der Waals surface area (Å²) in [5, 5.41) is 0. The number of amidine groups is 1. The van der Waals surface area contributed by atoms with Crippen molar-refractivity contribution in [3.8, 4) is 0 Å². The average Bonchev–Trinajstić information content (AvgIpc) is 2.22. The van der Waals surface area contributed by atoms with Crippen LogP contribution < -0.4 is 5.73 Å². The highest BCUT2D eigenvalue weighted by atomic mass is 14.9. The molecular weight excluding hydrogens is 112 g/mol. The molecule has 1 aliphatic carbocycles. The number of nitrogens with zero attached hydrogens (tertiary/aromatic N) is 1. The van der Waals surface area contributed by atoms with Gasteiger partial charge in [0.15, 0.2) is 0 Å². The van der Waals surface area contributed by atoms with Crippen molar-refractivity contribution >= 4 is 5.84 Å². The zero-order valence-electron chi connectivity index (χ0n) is 5.51. The zero-order chi connectivity index (χ0) is 6.27. The molecule has 2 N–H and O–H groups in total. The Hall–Kier alpha value is -0.530. The Morgan fingerprint density at radius 2 is 2.33 bits per heavy atom. The van der Waals surface area contributed by atoms with Gasteiger partial charge in [-0.2, -0.15) is 0 Å². The molecule has 50 valence electrons. The van der Waals surface area contributed by atoms with Crippen LogP contribution in [0.25, 0.3) is 0 Å². The van der Waals surface area contributed by atoms with Crippen LogP contribution in [-0.4, -0.2) is 11.9 Å². The van der Waals surface area contributed by atoms with Crippen molar-refractivity contribution in [3.05, 3.63) is 0 Å². The molecule has 0 aromatic heterocycles. The number of aliphatic imine (C=N–C) groups is 1. The average molecular weight is 124 g/mol. The largest absolute Gasteiger partial charge is 0.387 e. The second-order valence-corrected chi connectivity index (χ2v) is 3.08. The molecule has 1 heterocycles. The standard InChI is InChI=1S/C7H12N2/c8-7-4-5-2-1-3-6(5)9-7/h5-6H,1-4H2,(H2,8,9)/t5-,6-/m0/s1. The minimum absolute atomic E-state index is 0.616. The molecule has 0 saturated heterocycles. The van der Waals surface area contributed by atoms with Gasteiger partial charge in [0.25, 0.3) is 0 Å². The van der Waals surface area contributed by atoms with Crippen LogP contribution in [0.5, 0.6) is 0 Å². The third-order valence-corrected chi connectivity index (χ3v) is 2.42. The van der Waals surface area contributed by atoms with E-state index in [0.717, 1.165) is 18.2 Å². The summed E-state index contributed by atoms with van der Waals surface area (Å²) >= 11 is 0. The van der Waals surface area contributed by atoms with Crippen molar-refractivity contribution in [1.82, 2.24) is 0 Å². The third-order valence-electron chi connectivity index (χ3n) is 2.42. The number of hydrogen-bond donors (Lipinski definition) is 1. The highest BCUT2D eigenvalue weighted by molar-refractivity contribution is 5.82. The lowest BCUT2D eigenvalue weighted by Crippen LogP contribution is -2.09. The molecule has 0 spiro atoms. The van der Waals surface area contributed by atoms with Gasteiger partial charge < -0.3 is 5.73 Å².